The van der Waals surface area contributed by atoms with E-state index in [9.17, 15) is 14.3 Å². The average molecular weight is 639 g/mol. The molecular formula is C36H32F2N4O3S. The second kappa shape index (κ2) is 12.4. The number of carbonyl (C=O) groups excluding carboxylic acids is 1. The van der Waals surface area contributed by atoms with Crippen molar-refractivity contribution in [2.45, 2.75) is 25.9 Å². The SMILES string of the molecule is C=CC(=O)N1CCc2ccc(-c3nc(-c4cnc5c(c4)CN(C)CC5)c4ccsc4c3-c3c(F)cc(F)cc3OCCO)cc2C1. The molecule has 0 radical (unpaired) electrons. The molecule has 1 amide bonds. The van der Waals surface area contributed by atoms with Crippen LogP contribution in [-0.2, 0) is 30.7 Å². The highest BCUT2D eigenvalue weighted by molar-refractivity contribution is 7.18. The number of benzene rings is 2. The summed E-state index contributed by atoms with van der Waals surface area (Å²) in [5.41, 5.74) is 7.63. The standard InChI is InChI=1S/C36H32F2N4O3S/c1-3-31(44)42-10-6-21-4-5-22(14-24(21)20-42)35-33(32-28(38)16-26(37)17-30(32)45-12-11-43)36-27(8-13-46-36)34(40-35)23-15-25-19-41(2)9-7-29(25)39-18-23/h3-5,8,13-18,43H,1,6-7,9-12,19-20H2,2H3. The third-order valence-corrected chi connectivity index (χ3v) is 9.64. The van der Waals surface area contributed by atoms with E-state index in [2.05, 4.69) is 24.6 Å². The van der Waals surface area contributed by atoms with Crippen molar-refractivity contribution >= 4 is 27.3 Å². The van der Waals surface area contributed by atoms with Crippen LogP contribution in [0, 0.1) is 11.6 Å². The number of halogens is 2. The summed E-state index contributed by atoms with van der Waals surface area (Å²) >= 11 is 1.44. The molecule has 0 unspecified atom stereocenters. The summed E-state index contributed by atoms with van der Waals surface area (Å²) in [7, 11) is 2.09. The minimum absolute atomic E-state index is 0.0174. The number of likely N-dealkylation sites (N-methyl/N-ethyl adjacent to an activating group) is 1. The molecule has 3 aromatic heterocycles. The Morgan fingerprint density at radius 3 is 2.70 bits per heavy atom. The summed E-state index contributed by atoms with van der Waals surface area (Å²) in [6.07, 6.45) is 4.75. The maximum absolute atomic E-state index is 16.0. The topological polar surface area (TPSA) is 78.8 Å². The van der Waals surface area contributed by atoms with Crippen molar-refractivity contribution in [2.24, 2.45) is 0 Å². The molecule has 5 aromatic rings. The van der Waals surface area contributed by atoms with Crippen LogP contribution in [-0.4, -0.2) is 64.1 Å². The van der Waals surface area contributed by atoms with Crippen LogP contribution in [0.1, 0.15) is 22.4 Å². The van der Waals surface area contributed by atoms with Gasteiger partial charge in [-0.25, -0.2) is 13.8 Å². The quantitative estimate of drug-likeness (QED) is 0.208. The minimum Gasteiger partial charge on any atom is -0.490 e. The van der Waals surface area contributed by atoms with Gasteiger partial charge in [0.05, 0.1) is 23.6 Å². The molecule has 0 saturated heterocycles. The van der Waals surface area contributed by atoms with Crippen molar-refractivity contribution in [3.8, 4) is 39.4 Å². The molecule has 0 atom stereocenters. The van der Waals surface area contributed by atoms with E-state index in [1.807, 2.05) is 35.8 Å². The second-order valence-corrected chi connectivity index (χ2v) is 12.6. The van der Waals surface area contributed by atoms with Crippen molar-refractivity contribution in [3.05, 3.63) is 101 Å². The van der Waals surface area contributed by atoms with Crippen LogP contribution in [0.5, 0.6) is 5.75 Å². The summed E-state index contributed by atoms with van der Waals surface area (Å²) in [5, 5.41) is 12.2. The molecule has 234 valence electrons. The zero-order valence-corrected chi connectivity index (χ0v) is 26.2. The first-order valence-corrected chi connectivity index (χ1v) is 16.1. The molecule has 0 saturated carbocycles. The van der Waals surface area contributed by atoms with E-state index in [-0.39, 0.29) is 30.4 Å². The molecule has 0 spiro atoms. The number of aromatic nitrogens is 2. The van der Waals surface area contributed by atoms with Crippen LogP contribution in [0.2, 0.25) is 0 Å². The Kier molecular flexibility index (Phi) is 8.10. The van der Waals surface area contributed by atoms with Crippen LogP contribution < -0.4 is 4.74 Å². The van der Waals surface area contributed by atoms with Crippen LogP contribution in [0.15, 0.2) is 66.7 Å². The molecule has 0 bridgehead atoms. The number of hydrogen-bond donors (Lipinski definition) is 1. The van der Waals surface area contributed by atoms with Gasteiger partial charge in [-0.05, 0) is 59.8 Å². The fraction of sp³-hybridized carbons (Fsp3) is 0.250. The highest BCUT2D eigenvalue weighted by Gasteiger charge is 2.27. The fourth-order valence-electron chi connectivity index (χ4n) is 6.47. The summed E-state index contributed by atoms with van der Waals surface area (Å²) in [6, 6.07) is 12.1. The fourth-order valence-corrected chi connectivity index (χ4v) is 7.41. The van der Waals surface area contributed by atoms with Gasteiger partial charge in [0.15, 0.2) is 0 Å². The number of carbonyl (C=O) groups is 1. The van der Waals surface area contributed by atoms with Crippen molar-refractivity contribution < 1.29 is 23.4 Å². The summed E-state index contributed by atoms with van der Waals surface area (Å²) < 4.78 is 37.0. The number of amides is 1. The molecule has 7 nitrogen and oxygen atoms in total. The Balaban J connectivity index is 1.49. The highest BCUT2D eigenvalue weighted by atomic mass is 32.1. The number of nitrogens with zero attached hydrogens (tertiary/aromatic N) is 4. The number of rotatable bonds is 7. The van der Waals surface area contributed by atoms with Gasteiger partial charge in [0.1, 0.15) is 24.0 Å². The lowest BCUT2D eigenvalue weighted by molar-refractivity contribution is -0.126. The van der Waals surface area contributed by atoms with Crippen LogP contribution in [0.4, 0.5) is 8.78 Å². The van der Waals surface area contributed by atoms with E-state index in [1.165, 1.54) is 17.4 Å². The number of pyridine rings is 2. The van der Waals surface area contributed by atoms with Crippen molar-refractivity contribution in [1.82, 2.24) is 19.8 Å². The third kappa shape index (κ3) is 5.46. The number of fused-ring (bicyclic) bond motifs is 3. The zero-order valence-electron chi connectivity index (χ0n) is 25.4. The molecular weight excluding hydrogens is 606 g/mol. The van der Waals surface area contributed by atoms with Gasteiger partial charge in [0.25, 0.3) is 0 Å². The summed E-state index contributed by atoms with van der Waals surface area (Å²) in [6.45, 7) is 5.93. The minimum atomic E-state index is -0.794. The van der Waals surface area contributed by atoms with Crippen molar-refractivity contribution in [3.63, 3.8) is 0 Å². The van der Waals surface area contributed by atoms with Gasteiger partial charge in [-0.15, -0.1) is 11.3 Å². The van der Waals surface area contributed by atoms with Gasteiger partial charge < -0.3 is 19.6 Å². The zero-order chi connectivity index (χ0) is 31.9. The Morgan fingerprint density at radius 1 is 1.02 bits per heavy atom. The van der Waals surface area contributed by atoms with Gasteiger partial charge in [-0.2, -0.15) is 0 Å². The molecule has 10 heteroatoms. The lowest BCUT2D eigenvalue weighted by atomic mass is 9.91. The van der Waals surface area contributed by atoms with Gasteiger partial charge in [-0.1, -0.05) is 18.7 Å². The molecule has 2 aromatic carbocycles. The number of aliphatic hydroxyl groups is 1. The number of thiophene rings is 1. The van der Waals surface area contributed by atoms with E-state index in [4.69, 9.17) is 14.7 Å². The molecule has 2 aliphatic rings. The molecule has 0 aliphatic carbocycles. The van der Waals surface area contributed by atoms with E-state index >= 15 is 4.39 Å². The molecule has 2 aliphatic heterocycles. The smallest absolute Gasteiger partial charge is 0.246 e. The first-order valence-electron chi connectivity index (χ1n) is 15.2. The lowest BCUT2D eigenvalue weighted by Crippen LogP contribution is -2.34. The lowest BCUT2D eigenvalue weighted by Gasteiger charge is -2.28. The maximum atomic E-state index is 16.0. The molecule has 7 rings (SSSR count). The molecule has 5 heterocycles. The summed E-state index contributed by atoms with van der Waals surface area (Å²) in [5.74, 6) is -1.73. The Labute approximate surface area is 269 Å². The number of aliphatic hydroxyl groups excluding tert-OH is 1. The van der Waals surface area contributed by atoms with Gasteiger partial charge in [0, 0.05) is 83.4 Å². The van der Waals surface area contributed by atoms with E-state index < -0.39 is 11.6 Å². The predicted molar refractivity (Wildman–Crippen MR) is 176 cm³/mol. The monoisotopic (exact) mass is 638 g/mol. The molecule has 46 heavy (non-hydrogen) atoms. The van der Waals surface area contributed by atoms with E-state index in [0.717, 1.165) is 75.2 Å². The Morgan fingerprint density at radius 2 is 1.87 bits per heavy atom. The Hall–Kier alpha value is -4.51. The summed E-state index contributed by atoms with van der Waals surface area (Å²) in [4.78, 5) is 26.6. The normalized spacial score (nSPS) is 14.7. The second-order valence-electron chi connectivity index (χ2n) is 11.7. The maximum Gasteiger partial charge on any atom is 0.246 e. The van der Waals surface area contributed by atoms with E-state index in [1.54, 1.807) is 4.90 Å². The van der Waals surface area contributed by atoms with Crippen LogP contribution in [0.25, 0.3) is 43.7 Å². The van der Waals surface area contributed by atoms with Gasteiger partial charge >= 0.3 is 0 Å². The largest absolute Gasteiger partial charge is 0.490 e. The van der Waals surface area contributed by atoms with Gasteiger partial charge in [0.2, 0.25) is 5.91 Å². The van der Waals surface area contributed by atoms with E-state index in [0.29, 0.717) is 36.5 Å². The highest BCUT2D eigenvalue weighted by Crippen LogP contribution is 2.47. The number of ether oxygens (including phenoxy) is 1. The van der Waals surface area contributed by atoms with Crippen LogP contribution >= 0.6 is 11.3 Å². The first kappa shape index (κ1) is 30.2. The first-order chi connectivity index (χ1) is 22.3. The van der Waals surface area contributed by atoms with Crippen LogP contribution in [0.3, 0.4) is 0 Å². The Bertz CT molecular complexity index is 2010. The van der Waals surface area contributed by atoms with Crippen molar-refractivity contribution in [1.29, 1.82) is 0 Å². The average Bonchev–Trinajstić information content (AvgIpc) is 3.55. The molecule has 1 N–H and O–H groups in total. The predicted octanol–water partition coefficient (Wildman–Crippen LogP) is 6.40. The van der Waals surface area contributed by atoms with Gasteiger partial charge in [-0.3, -0.25) is 9.78 Å². The third-order valence-electron chi connectivity index (χ3n) is 8.71. The number of hydrogen-bond acceptors (Lipinski definition) is 7. The molecule has 0 fully saturated rings. The van der Waals surface area contributed by atoms with Crippen molar-refractivity contribution in [2.75, 3.05) is 33.4 Å².